The number of furan rings is 1. The first-order valence-corrected chi connectivity index (χ1v) is 9.56. The normalized spacial score (nSPS) is 13.0. The molecule has 0 saturated carbocycles. The Morgan fingerprint density at radius 2 is 2.00 bits per heavy atom. The van der Waals surface area contributed by atoms with E-state index in [-0.39, 0.29) is 18.0 Å². The van der Waals surface area contributed by atoms with E-state index in [0.29, 0.717) is 30.3 Å². The van der Waals surface area contributed by atoms with Gasteiger partial charge in [0.05, 0.1) is 12.8 Å². The van der Waals surface area contributed by atoms with Crippen LogP contribution in [0.25, 0.3) is 17.2 Å². The molecule has 1 amide bonds. The topological polar surface area (TPSA) is 94.4 Å². The van der Waals surface area contributed by atoms with Crippen molar-refractivity contribution in [1.82, 2.24) is 24.5 Å². The molecule has 5 rings (SSSR count). The zero-order valence-corrected chi connectivity index (χ0v) is 15.7. The maximum atomic E-state index is 12.9. The number of carbonyl (C=O) groups excluding carboxylic acids is 1. The summed E-state index contributed by atoms with van der Waals surface area (Å²) in [6.07, 6.45) is 3.90. The summed E-state index contributed by atoms with van der Waals surface area (Å²) >= 11 is 0. The Hall–Kier alpha value is -3.68. The van der Waals surface area contributed by atoms with Gasteiger partial charge < -0.3 is 14.3 Å². The van der Waals surface area contributed by atoms with E-state index in [4.69, 9.17) is 4.42 Å². The molecule has 4 aromatic rings. The van der Waals surface area contributed by atoms with Crippen LogP contribution in [-0.2, 0) is 30.7 Å². The Balaban J connectivity index is 1.54. The van der Waals surface area contributed by atoms with E-state index in [1.54, 1.807) is 18.4 Å². The molecule has 3 aromatic heterocycles. The van der Waals surface area contributed by atoms with E-state index < -0.39 is 0 Å². The first-order chi connectivity index (χ1) is 14.2. The number of aromatic nitrogens is 4. The van der Waals surface area contributed by atoms with Crippen molar-refractivity contribution < 1.29 is 9.21 Å². The second-order valence-electron chi connectivity index (χ2n) is 7.04. The van der Waals surface area contributed by atoms with Gasteiger partial charge in [-0.15, -0.1) is 5.10 Å². The van der Waals surface area contributed by atoms with Gasteiger partial charge in [0.1, 0.15) is 12.3 Å². The van der Waals surface area contributed by atoms with Gasteiger partial charge >= 0.3 is 0 Å². The summed E-state index contributed by atoms with van der Waals surface area (Å²) in [6.45, 7) is 0.381. The number of rotatable bonds is 5. The maximum absolute atomic E-state index is 12.9. The highest BCUT2D eigenvalue weighted by Crippen LogP contribution is 2.22. The summed E-state index contributed by atoms with van der Waals surface area (Å²) in [4.78, 5) is 30.1. The van der Waals surface area contributed by atoms with Gasteiger partial charge in [0.25, 0.3) is 5.56 Å². The highest BCUT2D eigenvalue weighted by Gasteiger charge is 2.25. The Labute approximate surface area is 165 Å². The van der Waals surface area contributed by atoms with E-state index >= 15 is 0 Å². The molecule has 146 valence electrons. The van der Waals surface area contributed by atoms with Crippen LogP contribution in [0.3, 0.4) is 0 Å². The van der Waals surface area contributed by atoms with E-state index in [2.05, 4.69) is 15.4 Å². The Kier molecular flexibility index (Phi) is 4.23. The number of amides is 1. The zero-order valence-electron chi connectivity index (χ0n) is 15.7. The molecule has 0 unspecified atom stereocenters. The highest BCUT2D eigenvalue weighted by atomic mass is 16.3. The third-order valence-corrected chi connectivity index (χ3v) is 5.17. The zero-order chi connectivity index (χ0) is 19.8. The van der Waals surface area contributed by atoms with Gasteiger partial charge in [-0.3, -0.25) is 9.59 Å². The fourth-order valence-corrected chi connectivity index (χ4v) is 3.79. The molecular weight excluding hydrogens is 370 g/mol. The molecule has 29 heavy (non-hydrogen) atoms. The second-order valence-corrected chi connectivity index (χ2v) is 7.04. The molecule has 0 spiro atoms. The van der Waals surface area contributed by atoms with Crippen LogP contribution in [0.15, 0.2) is 57.9 Å². The number of nitrogens with zero attached hydrogens (tertiary/aromatic N) is 4. The minimum atomic E-state index is -0.176. The average Bonchev–Trinajstić information content (AvgIpc) is 3.50. The predicted octanol–water partition coefficient (Wildman–Crippen LogP) is 1.96. The van der Waals surface area contributed by atoms with Crippen LogP contribution >= 0.6 is 0 Å². The van der Waals surface area contributed by atoms with Crippen LogP contribution in [0.2, 0.25) is 0 Å². The molecular formula is C21H19N5O3. The quantitative estimate of drug-likeness (QED) is 0.563. The Bertz CT molecular complexity index is 1240. The van der Waals surface area contributed by atoms with E-state index in [0.717, 1.165) is 29.7 Å². The molecule has 3 heterocycles. The first kappa shape index (κ1) is 17.4. The summed E-state index contributed by atoms with van der Waals surface area (Å²) in [5.41, 5.74) is 2.28. The third kappa shape index (κ3) is 3.12. The van der Waals surface area contributed by atoms with E-state index in [9.17, 15) is 9.59 Å². The molecule has 1 aliphatic carbocycles. The SMILES string of the molecule is O=C(Cn1c2c(c(=O)n3nc(-c4ccccc4)nc13)CCC2)NCc1ccco1. The molecule has 1 N–H and O–H groups in total. The summed E-state index contributed by atoms with van der Waals surface area (Å²) < 4.78 is 8.40. The number of fused-ring (bicyclic) bond motifs is 2. The van der Waals surface area contributed by atoms with Crippen molar-refractivity contribution in [3.8, 4) is 11.4 Å². The predicted molar refractivity (Wildman–Crippen MR) is 105 cm³/mol. The van der Waals surface area contributed by atoms with Gasteiger partial charge in [-0.05, 0) is 31.4 Å². The Morgan fingerprint density at radius 1 is 1.14 bits per heavy atom. The molecule has 1 aliphatic rings. The molecule has 8 heteroatoms. The monoisotopic (exact) mass is 389 g/mol. The van der Waals surface area contributed by atoms with Crippen molar-refractivity contribution in [2.45, 2.75) is 32.4 Å². The first-order valence-electron chi connectivity index (χ1n) is 9.56. The van der Waals surface area contributed by atoms with Crippen LogP contribution in [0, 0.1) is 0 Å². The molecule has 0 aliphatic heterocycles. The summed E-state index contributed by atoms with van der Waals surface area (Å²) in [7, 11) is 0. The smallest absolute Gasteiger partial charge is 0.279 e. The van der Waals surface area contributed by atoms with Gasteiger partial charge in [0.2, 0.25) is 11.7 Å². The number of hydrogen-bond donors (Lipinski definition) is 1. The van der Waals surface area contributed by atoms with Crippen LogP contribution in [0.4, 0.5) is 0 Å². The van der Waals surface area contributed by atoms with E-state index in [1.807, 2.05) is 34.9 Å². The number of benzene rings is 1. The lowest BCUT2D eigenvalue weighted by molar-refractivity contribution is -0.121. The molecule has 0 atom stereocenters. The standard InChI is InChI=1S/C21H19N5O3/c27-18(22-12-15-8-5-11-29-15)13-25-17-10-4-9-16(17)20(28)26-21(25)23-19(24-26)14-6-2-1-3-7-14/h1-3,5-8,11H,4,9-10,12-13H2,(H,22,27). The summed E-state index contributed by atoms with van der Waals surface area (Å²) in [6, 6.07) is 13.1. The largest absolute Gasteiger partial charge is 0.467 e. The van der Waals surface area contributed by atoms with Crippen molar-refractivity contribution in [3.05, 3.63) is 76.1 Å². The third-order valence-electron chi connectivity index (χ3n) is 5.17. The van der Waals surface area contributed by atoms with Gasteiger partial charge in [-0.25, -0.2) is 0 Å². The number of carbonyl (C=O) groups is 1. The summed E-state index contributed by atoms with van der Waals surface area (Å²) in [5, 5.41) is 7.29. The van der Waals surface area contributed by atoms with Crippen molar-refractivity contribution in [2.24, 2.45) is 0 Å². The molecule has 0 fully saturated rings. The minimum Gasteiger partial charge on any atom is -0.467 e. The fourth-order valence-electron chi connectivity index (χ4n) is 3.79. The van der Waals surface area contributed by atoms with E-state index in [1.165, 1.54) is 4.52 Å². The van der Waals surface area contributed by atoms with Crippen LogP contribution in [0.5, 0.6) is 0 Å². The minimum absolute atomic E-state index is 0.0692. The van der Waals surface area contributed by atoms with Crippen LogP contribution in [-0.4, -0.2) is 25.1 Å². The van der Waals surface area contributed by atoms with Crippen molar-refractivity contribution in [2.75, 3.05) is 0 Å². The van der Waals surface area contributed by atoms with Gasteiger partial charge in [0, 0.05) is 16.8 Å². The Morgan fingerprint density at radius 3 is 2.79 bits per heavy atom. The molecule has 0 saturated heterocycles. The number of hydrogen-bond acceptors (Lipinski definition) is 5. The molecule has 0 bridgehead atoms. The van der Waals surface area contributed by atoms with Crippen LogP contribution < -0.4 is 10.9 Å². The van der Waals surface area contributed by atoms with Crippen LogP contribution in [0.1, 0.15) is 23.4 Å². The van der Waals surface area contributed by atoms with Gasteiger partial charge in [0.15, 0.2) is 5.82 Å². The van der Waals surface area contributed by atoms with Crippen molar-refractivity contribution in [1.29, 1.82) is 0 Å². The summed E-state index contributed by atoms with van der Waals surface area (Å²) in [5.74, 6) is 1.37. The van der Waals surface area contributed by atoms with Crippen molar-refractivity contribution >= 4 is 11.7 Å². The van der Waals surface area contributed by atoms with Gasteiger partial charge in [-0.1, -0.05) is 30.3 Å². The second kappa shape index (κ2) is 7.05. The number of nitrogens with one attached hydrogen (secondary N) is 1. The van der Waals surface area contributed by atoms with Crippen molar-refractivity contribution in [3.63, 3.8) is 0 Å². The van der Waals surface area contributed by atoms with Gasteiger partial charge in [-0.2, -0.15) is 9.50 Å². The molecule has 1 aromatic carbocycles. The lowest BCUT2D eigenvalue weighted by atomic mass is 10.2. The molecule has 0 radical (unpaired) electrons. The highest BCUT2D eigenvalue weighted by molar-refractivity contribution is 5.76. The lowest BCUT2D eigenvalue weighted by Gasteiger charge is -2.13. The average molecular weight is 389 g/mol. The lowest BCUT2D eigenvalue weighted by Crippen LogP contribution is -2.31. The fraction of sp³-hybridized carbons (Fsp3) is 0.238. The maximum Gasteiger partial charge on any atom is 0.279 e. The molecule has 8 nitrogen and oxygen atoms in total.